The molecule has 12 nitrogen and oxygen atoms in total. The first-order valence-electron chi connectivity index (χ1n) is 12.0. The molecule has 208 valence electrons. The molecule has 0 bridgehead atoms. The number of aliphatic hydroxyl groups excluding tert-OH is 1. The summed E-state index contributed by atoms with van der Waals surface area (Å²) < 4.78 is 15.6. The second kappa shape index (κ2) is 13.9. The molecule has 6 atom stereocenters. The number of aliphatic carboxylic acids is 1. The number of esters is 2. The van der Waals surface area contributed by atoms with E-state index in [4.69, 9.17) is 19.9 Å². The van der Waals surface area contributed by atoms with Crippen LogP contribution >= 0.6 is 0 Å². The van der Waals surface area contributed by atoms with Gasteiger partial charge in [-0.1, -0.05) is 19.9 Å². The minimum Gasteiger partial charge on any atom is -0.480 e. The quantitative estimate of drug-likeness (QED) is 0.228. The van der Waals surface area contributed by atoms with Crippen molar-refractivity contribution in [2.45, 2.75) is 90.9 Å². The van der Waals surface area contributed by atoms with E-state index < -0.39 is 71.8 Å². The molecule has 1 aromatic rings. The first-order valence-corrected chi connectivity index (χ1v) is 12.0. The molecule has 0 saturated carbocycles. The topological polar surface area (TPSA) is 187 Å². The fourth-order valence-electron chi connectivity index (χ4n) is 3.24. The van der Waals surface area contributed by atoms with Crippen molar-refractivity contribution in [2.24, 2.45) is 17.6 Å². The number of carboxylic acids is 1. The van der Waals surface area contributed by atoms with Crippen molar-refractivity contribution in [1.29, 1.82) is 0 Å². The summed E-state index contributed by atoms with van der Waals surface area (Å²) in [6, 6.07) is 1.10. The van der Waals surface area contributed by atoms with E-state index in [-0.39, 0.29) is 6.42 Å². The molecular weight excluding hydrogens is 486 g/mol. The van der Waals surface area contributed by atoms with Crippen LogP contribution in [0.4, 0.5) is 4.79 Å². The molecule has 5 N–H and O–H groups in total. The number of alkyl carbamates (subject to hydrolysis) is 1. The van der Waals surface area contributed by atoms with E-state index in [1.807, 2.05) is 0 Å². The van der Waals surface area contributed by atoms with Crippen LogP contribution in [0.5, 0.6) is 0 Å². The van der Waals surface area contributed by atoms with Gasteiger partial charge in [0.15, 0.2) is 6.04 Å². The largest absolute Gasteiger partial charge is 0.480 e. The summed E-state index contributed by atoms with van der Waals surface area (Å²) in [5, 5.41) is 22.2. The highest BCUT2D eigenvalue weighted by molar-refractivity contribution is 5.83. The van der Waals surface area contributed by atoms with Gasteiger partial charge in [-0.25, -0.2) is 14.4 Å². The maximum Gasteiger partial charge on any atom is 0.408 e. The number of carbonyl (C=O) groups excluding carboxylic acids is 3. The molecule has 0 aliphatic heterocycles. The predicted octanol–water partition coefficient (Wildman–Crippen LogP) is 1.43. The Bertz CT molecular complexity index is 918. The molecule has 0 aliphatic carbocycles. The van der Waals surface area contributed by atoms with Crippen LogP contribution in [0.25, 0.3) is 0 Å². The molecule has 12 heteroatoms. The fraction of sp³-hybridized carbons (Fsp3) is 0.640. The average molecular weight is 526 g/mol. The summed E-state index contributed by atoms with van der Waals surface area (Å²) in [6.45, 7) is 10.7. The number of nitrogens with one attached hydrogen (secondary N) is 1. The third kappa shape index (κ3) is 10.7. The van der Waals surface area contributed by atoms with E-state index in [1.165, 1.54) is 13.8 Å². The number of hydrogen-bond donors (Lipinski definition) is 4. The van der Waals surface area contributed by atoms with Crippen LogP contribution in [0.3, 0.4) is 0 Å². The van der Waals surface area contributed by atoms with Crippen LogP contribution in [-0.2, 0) is 35.0 Å². The van der Waals surface area contributed by atoms with Crippen LogP contribution in [0, 0.1) is 11.8 Å². The zero-order valence-corrected chi connectivity index (χ0v) is 22.3. The molecule has 1 aromatic heterocycles. The van der Waals surface area contributed by atoms with Gasteiger partial charge in [0.25, 0.3) is 0 Å². The first-order chi connectivity index (χ1) is 17.0. The number of pyridine rings is 1. The van der Waals surface area contributed by atoms with Gasteiger partial charge >= 0.3 is 24.0 Å². The summed E-state index contributed by atoms with van der Waals surface area (Å²) in [7, 11) is 0. The number of ether oxygens (including phenoxy) is 3. The third-order valence-electron chi connectivity index (χ3n) is 5.31. The van der Waals surface area contributed by atoms with E-state index in [0.29, 0.717) is 0 Å². The number of carbonyl (C=O) groups is 4. The number of rotatable bonds is 12. The molecule has 0 unspecified atom stereocenters. The molecule has 0 spiro atoms. The van der Waals surface area contributed by atoms with Crippen LogP contribution in [0.15, 0.2) is 24.5 Å². The second-order valence-corrected chi connectivity index (χ2v) is 10.2. The van der Waals surface area contributed by atoms with Crippen molar-refractivity contribution in [1.82, 2.24) is 10.3 Å². The molecule has 0 fully saturated rings. The van der Waals surface area contributed by atoms with Crippen molar-refractivity contribution in [3.05, 3.63) is 30.1 Å². The Morgan fingerprint density at radius 2 is 1.70 bits per heavy atom. The van der Waals surface area contributed by atoms with E-state index in [1.54, 1.807) is 59.1 Å². The Morgan fingerprint density at radius 1 is 1.08 bits per heavy atom. The molecule has 1 heterocycles. The average Bonchev–Trinajstić information content (AvgIpc) is 2.78. The van der Waals surface area contributed by atoms with E-state index in [2.05, 4.69) is 10.3 Å². The highest BCUT2D eigenvalue weighted by atomic mass is 16.6. The summed E-state index contributed by atoms with van der Waals surface area (Å²) in [6.07, 6.45) is -1.53. The zero-order chi connectivity index (χ0) is 28.5. The van der Waals surface area contributed by atoms with Crippen LogP contribution in [-0.4, -0.2) is 75.2 Å². The minimum absolute atomic E-state index is 0.265. The van der Waals surface area contributed by atoms with Crippen LogP contribution < -0.4 is 11.1 Å². The number of hydrogen-bond acceptors (Lipinski definition) is 10. The van der Waals surface area contributed by atoms with Crippen molar-refractivity contribution in [2.75, 3.05) is 0 Å². The molecular formula is C25H39N3O9. The molecule has 0 saturated heterocycles. The van der Waals surface area contributed by atoms with Gasteiger partial charge in [0.1, 0.15) is 11.7 Å². The Kier molecular flexibility index (Phi) is 11.9. The van der Waals surface area contributed by atoms with Crippen molar-refractivity contribution in [3.8, 4) is 0 Å². The van der Waals surface area contributed by atoms with Gasteiger partial charge in [-0.15, -0.1) is 0 Å². The molecule has 1 rings (SSSR count). The number of carboxylic acid groups (broad SMARTS) is 1. The Morgan fingerprint density at radius 3 is 2.19 bits per heavy atom. The lowest BCUT2D eigenvalue weighted by Gasteiger charge is -2.28. The SMILES string of the molecule is CC(C)[C@H](OC(=O)[C@H](C)[C@H](O)[C@@H](N)Cc1cccnc1)C(=O)O[C@H](C)[C@H](NC(=O)OC(C)(C)C)C(=O)O. The maximum atomic E-state index is 12.8. The highest BCUT2D eigenvalue weighted by Gasteiger charge is 2.37. The van der Waals surface area contributed by atoms with Crippen molar-refractivity contribution in [3.63, 3.8) is 0 Å². The Balaban J connectivity index is 2.83. The second-order valence-electron chi connectivity index (χ2n) is 10.2. The monoisotopic (exact) mass is 525 g/mol. The summed E-state index contributed by atoms with van der Waals surface area (Å²) >= 11 is 0. The van der Waals surface area contributed by atoms with Crippen molar-refractivity contribution >= 4 is 24.0 Å². The summed E-state index contributed by atoms with van der Waals surface area (Å²) in [4.78, 5) is 53.2. The van der Waals surface area contributed by atoms with Gasteiger partial charge in [0, 0.05) is 24.4 Å². The fourth-order valence-corrected chi connectivity index (χ4v) is 3.24. The van der Waals surface area contributed by atoms with Gasteiger partial charge in [-0.05, 0) is 52.7 Å². The molecule has 1 amide bonds. The normalized spacial score (nSPS) is 16.5. The van der Waals surface area contributed by atoms with Crippen LogP contribution in [0.1, 0.15) is 54.0 Å². The van der Waals surface area contributed by atoms with Gasteiger partial charge in [-0.2, -0.15) is 0 Å². The summed E-state index contributed by atoms with van der Waals surface area (Å²) in [5.41, 5.74) is 5.98. The Labute approximate surface area is 216 Å². The summed E-state index contributed by atoms with van der Waals surface area (Å²) in [5.74, 6) is -4.95. The molecule has 0 radical (unpaired) electrons. The van der Waals surface area contributed by atoms with Gasteiger partial charge in [0.05, 0.1) is 12.0 Å². The van der Waals surface area contributed by atoms with Crippen molar-refractivity contribution < 1.29 is 43.6 Å². The minimum atomic E-state index is -1.62. The first kappa shape index (κ1) is 31.8. The number of nitrogens with zero attached hydrogens (tertiary/aromatic N) is 1. The van der Waals surface area contributed by atoms with E-state index in [0.717, 1.165) is 5.56 Å². The number of nitrogens with two attached hydrogens (primary N) is 1. The van der Waals surface area contributed by atoms with E-state index >= 15 is 0 Å². The molecule has 37 heavy (non-hydrogen) atoms. The smallest absolute Gasteiger partial charge is 0.408 e. The molecule has 0 aromatic carbocycles. The predicted molar refractivity (Wildman–Crippen MR) is 132 cm³/mol. The van der Waals surface area contributed by atoms with Crippen LogP contribution in [0.2, 0.25) is 0 Å². The standard InChI is InChI=1S/C25H39N3O9/c1-13(2)20(23(33)35-15(4)18(21(30)31)28-24(34)37-25(5,6)7)36-22(32)14(3)19(29)17(26)11-16-9-8-10-27-12-16/h8-10,12-15,17-20,29H,11,26H2,1-7H3,(H,28,34)(H,30,31)/t14-,15-,17+,18+,19+,20+/m1/s1. The Hall–Kier alpha value is -3.25. The number of aliphatic hydroxyl groups is 1. The maximum absolute atomic E-state index is 12.8. The zero-order valence-electron chi connectivity index (χ0n) is 22.3. The number of aromatic nitrogens is 1. The van der Waals surface area contributed by atoms with E-state index in [9.17, 15) is 29.4 Å². The third-order valence-corrected chi connectivity index (χ3v) is 5.31. The number of amides is 1. The lowest BCUT2D eigenvalue weighted by atomic mass is 9.94. The van der Waals surface area contributed by atoms with Gasteiger partial charge in [-0.3, -0.25) is 9.78 Å². The molecule has 0 aliphatic rings. The lowest BCUT2D eigenvalue weighted by Crippen LogP contribution is -2.51. The lowest BCUT2D eigenvalue weighted by molar-refractivity contribution is -0.180. The van der Waals surface area contributed by atoms with Gasteiger partial charge < -0.3 is 35.5 Å². The highest BCUT2D eigenvalue weighted by Crippen LogP contribution is 2.18. The van der Waals surface area contributed by atoms with Gasteiger partial charge in [0.2, 0.25) is 6.10 Å².